The van der Waals surface area contributed by atoms with Crippen LogP contribution in [0.4, 0.5) is 17.3 Å². The van der Waals surface area contributed by atoms with Gasteiger partial charge in [0, 0.05) is 11.8 Å². The molecule has 2 aromatic heterocycles. The second-order valence-electron chi connectivity index (χ2n) is 5.63. The second kappa shape index (κ2) is 8.18. The summed E-state index contributed by atoms with van der Waals surface area (Å²) in [5, 5.41) is 2.70. The van der Waals surface area contributed by atoms with E-state index < -0.39 is 5.56 Å². The Bertz CT molecular complexity index is 1050. The van der Waals surface area contributed by atoms with Crippen molar-refractivity contribution in [3.05, 3.63) is 58.5 Å². The minimum absolute atomic E-state index is 0.0400. The monoisotopic (exact) mass is 381 g/mol. The van der Waals surface area contributed by atoms with Crippen LogP contribution in [0.1, 0.15) is 17.3 Å². The molecule has 10 heteroatoms. The fraction of sp³-hybridized carbons (Fsp3) is 0.111. The Morgan fingerprint density at radius 3 is 2.79 bits per heavy atom. The number of pyridine rings is 1. The van der Waals surface area contributed by atoms with Gasteiger partial charge in [0.15, 0.2) is 5.82 Å². The number of H-pyrrole nitrogens is 1. The molecule has 0 aliphatic rings. The topological polar surface area (TPSA) is 161 Å². The zero-order valence-corrected chi connectivity index (χ0v) is 15.0. The van der Waals surface area contributed by atoms with Crippen LogP contribution in [0.25, 0.3) is 11.4 Å². The normalized spacial score (nSPS) is 10.4. The maximum atomic E-state index is 12.5. The van der Waals surface area contributed by atoms with Gasteiger partial charge in [0.2, 0.25) is 0 Å². The Balaban J connectivity index is 1.99. The number of anilines is 3. The summed E-state index contributed by atoms with van der Waals surface area (Å²) >= 11 is 0. The fourth-order valence-corrected chi connectivity index (χ4v) is 2.48. The SMILES string of the molecule is CCOc1cc(C(=O)Nc2ccccn2)ccc1-c1nc(NN)c(N)c(=O)[nH]1. The van der Waals surface area contributed by atoms with Gasteiger partial charge in [-0.25, -0.2) is 15.8 Å². The van der Waals surface area contributed by atoms with Crippen molar-refractivity contribution in [3.63, 3.8) is 0 Å². The Labute approximate surface area is 159 Å². The van der Waals surface area contributed by atoms with E-state index in [1.165, 1.54) is 0 Å². The molecule has 1 aromatic carbocycles. The van der Waals surface area contributed by atoms with Gasteiger partial charge in [0.1, 0.15) is 23.1 Å². The van der Waals surface area contributed by atoms with Gasteiger partial charge in [-0.2, -0.15) is 0 Å². The molecule has 10 nitrogen and oxygen atoms in total. The summed E-state index contributed by atoms with van der Waals surface area (Å²) in [6.07, 6.45) is 1.58. The number of carbonyl (C=O) groups excluding carboxylic acids is 1. The van der Waals surface area contributed by atoms with E-state index in [1.54, 1.807) is 49.5 Å². The van der Waals surface area contributed by atoms with E-state index in [0.717, 1.165) is 0 Å². The molecule has 0 saturated heterocycles. The Morgan fingerprint density at radius 2 is 2.11 bits per heavy atom. The third kappa shape index (κ3) is 3.91. The summed E-state index contributed by atoms with van der Waals surface area (Å²) in [5.74, 6) is 6.05. The van der Waals surface area contributed by atoms with Gasteiger partial charge in [-0.1, -0.05) is 6.07 Å². The number of ether oxygens (including phenoxy) is 1. The molecule has 0 aliphatic heterocycles. The van der Waals surface area contributed by atoms with Crippen molar-refractivity contribution in [2.75, 3.05) is 23.1 Å². The Hall–Kier alpha value is -3.92. The smallest absolute Gasteiger partial charge is 0.276 e. The number of hydrogen-bond donors (Lipinski definition) is 5. The number of hydrogen-bond acceptors (Lipinski definition) is 8. The summed E-state index contributed by atoms with van der Waals surface area (Å²) < 4.78 is 5.64. The lowest BCUT2D eigenvalue weighted by Gasteiger charge is -2.13. The number of nitrogens with zero attached hydrogens (tertiary/aromatic N) is 2. The molecule has 28 heavy (non-hydrogen) atoms. The van der Waals surface area contributed by atoms with E-state index in [0.29, 0.717) is 29.3 Å². The van der Waals surface area contributed by atoms with Crippen LogP contribution < -0.4 is 32.6 Å². The number of rotatable bonds is 6. The van der Waals surface area contributed by atoms with Crippen LogP contribution in [0, 0.1) is 0 Å². The number of aromatic amines is 1. The van der Waals surface area contributed by atoms with E-state index in [4.69, 9.17) is 16.3 Å². The summed E-state index contributed by atoms with van der Waals surface area (Å²) in [6.45, 7) is 2.15. The molecule has 144 valence electrons. The van der Waals surface area contributed by atoms with Crippen molar-refractivity contribution in [3.8, 4) is 17.1 Å². The Kier molecular flexibility index (Phi) is 5.51. The number of amides is 1. The average molecular weight is 381 g/mol. The van der Waals surface area contributed by atoms with Gasteiger partial charge >= 0.3 is 0 Å². The molecule has 0 saturated carbocycles. The molecule has 2 heterocycles. The Morgan fingerprint density at radius 1 is 1.29 bits per heavy atom. The number of nitrogen functional groups attached to an aromatic ring is 2. The van der Waals surface area contributed by atoms with Crippen LogP contribution in [0.3, 0.4) is 0 Å². The third-order valence-corrected chi connectivity index (χ3v) is 3.80. The van der Waals surface area contributed by atoms with Crippen molar-refractivity contribution in [2.45, 2.75) is 6.92 Å². The summed E-state index contributed by atoms with van der Waals surface area (Å²) in [6, 6.07) is 9.96. The van der Waals surface area contributed by atoms with Crippen LogP contribution >= 0.6 is 0 Å². The molecule has 0 aliphatic carbocycles. The molecule has 0 atom stereocenters. The van der Waals surface area contributed by atoms with Crippen molar-refractivity contribution in [1.82, 2.24) is 15.0 Å². The third-order valence-electron chi connectivity index (χ3n) is 3.80. The number of hydrazine groups is 1. The quantitative estimate of drug-likeness (QED) is 0.316. The molecule has 0 fully saturated rings. The zero-order valence-electron chi connectivity index (χ0n) is 15.0. The number of nitrogens with two attached hydrogens (primary N) is 2. The standard InChI is InChI=1S/C18H19N7O3/c1-2-28-12-9-10(17(26)22-13-5-3-4-8-21-13)6-7-11(12)15-23-16(25-20)14(19)18(27)24-15/h3-9H,2,19-20H2,1H3,(H,21,22,26)(H2,23,24,25,27). The van der Waals surface area contributed by atoms with Crippen molar-refractivity contribution < 1.29 is 9.53 Å². The second-order valence-corrected chi connectivity index (χ2v) is 5.63. The highest BCUT2D eigenvalue weighted by Crippen LogP contribution is 2.30. The molecule has 3 aromatic rings. The minimum Gasteiger partial charge on any atom is -0.493 e. The highest BCUT2D eigenvalue weighted by Gasteiger charge is 2.16. The maximum absolute atomic E-state index is 12.5. The number of nitrogens with one attached hydrogen (secondary N) is 3. The van der Waals surface area contributed by atoms with E-state index in [2.05, 4.69) is 25.7 Å². The van der Waals surface area contributed by atoms with E-state index in [-0.39, 0.29) is 23.2 Å². The number of benzene rings is 1. The first-order valence-electron chi connectivity index (χ1n) is 8.39. The first kappa shape index (κ1) is 18.9. The molecule has 0 unspecified atom stereocenters. The zero-order chi connectivity index (χ0) is 20.1. The summed E-state index contributed by atoms with van der Waals surface area (Å²) in [5.41, 5.74) is 8.08. The molecule has 3 rings (SSSR count). The predicted octanol–water partition coefficient (Wildman–Crippen LogP) is 1.35. The van der Waals surface area contributed by atoms with Gasteiger partial charge < -0.3 is 26.2 Å². The first-order chi connectivity index (χ1) is 13.5. The molecule has 7 N–H and O–H groups in total. The molecular weight excluding hydrogens is 362 g/mol. The van der Waals surface area contributed by atoms with Gasteiger partial charge in [0.25, 0.3) is 11.5 Å². The first-order valence-corrected chi connectivity index (χ1v) is 8.39. The summed E-state index contributed by atoms with van der Waals surface area (Å²) in [7, 11) is 0. The van der Waals surface area contributed by atoms with Gasteiger partial charge in [-0.3, -0.25) is 9.59 Å². The fourth-order valence-electron chi connectivity index (χ4n) is 2.48. The highest BCUT2D eigenvalue weighted by atomic mass is 16.5. The van der Waals surface area contributed by atoms with E-state index in [9.17, 15) is 9.59 Å². The van der Waals surface area contributed by atoms with Gasteiger partial charge in [-0.05, 0) is 37.3 Å². The van der Waals surface area contributed by atoms with Crippen molar-refractivity contribution >= 4 is 23.2 Å². The maximum Gasteiger partial charge on any atom is 0.276 e. The lowest BCUT2D eigenvalue weighted by Crippen LogP contribution is -2.20. The van der Waals surface area contributed by atoms with Gasteiger partial charge in [0.05, 0.1) is 12.2 Å². The average Bonchev–Trinajstić information content (AvgIpc) is 2.71. The minimum atomic E-state index is -0.544. The molecule has 0 spiro atoms. The molecule has 0 bridgehead atoms. The number of carbonyl (C=O) groups is 1. The highest BCUT2D eigenvalue weighted by molar-refractivity contribution is 6.04. The molecule has 0 radical (unpaired) electrons. The van der Waals surface area contributed by atoms with Crippen molar-refractivity contribution in [2.24, 2.45) is 5.84 Å². The summed E-state index contributed by atoms with van der Waals surface area (Å²) in [4.78, 5) is 35.3. The van der Waals surface area contributed by atoms with Gasteiger partial charge in [-0.15, -0.1) is 0 Å². The van der Waals surface area contributed by atoms with Crippen LogP contribution in [0.2, 0.25) is 0 Å². The van der Waals surface area contributed by atoms with E-state index in [1.807, 2.05) is 0 Å². The van der Waals surface area contributed by atoms with Crippen LogP contribution in [-0.4, -0.2) is 27.5 Å². The molecular formula is C18H19N7O3. The van der Waals surface area contributed by atoms with Crippen LogP contribution in [0.5, 0.6) is 5.75 Å². The lowest BCUT2D eigenvalue weighted by atomic mass is 10.1. The van der Waals surface area contributed by atoms with E-state index >= 15 is 0 Å². The lowest BCUT2D eigenvalue weighted by molar-refractivity contribution is 0.102. The number of aromatic nitrogens is 3. The largest absolute Gasteiger partial charge is 0.493 e. The van der Waals surface area contributed by atoms with Crippen LogP contribution in [0.15, 0.2) is 47.4 Å². The van der Waals surface area contributed by atoms with Crippen molar-refractivity contribution in [1.29, 1.82) is 0 Å². The predicted molar refractivity (Wildman–Crippen MR) is 106 cm³/mol. The van der Waals surface area contributed by atoms with Crippen LogP contribution in [-0.2, 0) is 0 Å². The molecule has 1 amide bonds.